The van der Waals surface area contributed by atoms with Crippen LogP contribution in [0.15, 0.2) is 0 Å². The average Bonchev–Trinajstić information content (AvgIpc) is 2.32. The monoisotopic (exact) mass is 262 g/mol. The van der Waals surface area contributed by atoms with Gasteiger partial charge in [-0.2, -0.15) is 0 Å². The number of nitrogens with one attached hydrogen (secondary N) is 2. The Morgan fingerprint density at radius 3 is 2.11 bits per heavy atom. The molecule has 2 unspecified atom stereocenters. The molecular weight excluding hydrogens is 236 g/mol. The number of aromatic nitrogens is 2. The van der Waals surface area contributed by atoms with Gasteiger partial charge in [0, 0.05) is 18.7 Å². The van der Waals surface area contributed by atoms with Gasteiger partial charge in [0.25, 0.3) is 0 Å². The maximum absolute atomic E-state index is 4.56. The van der Waals surface area contributed by atoms with Crippen molar-refractivity contribution in [1.29, 1.82) is 0 Å². The molecule has 0 aromatic carbocycles. The third-order valence-electron chi connectivity index (χ3n) is 4.01. The molecule has 0 spiro atoms. The third kappa shape index (κ3) is 3.37. The highest BCUT2D eigenvalue weighted by Crippen LogP contribution is 2.31. The molecule has 1 aliphatic carbocycles. The van der Waals surface area contributed by atoms with E-state index in [2.05, 4.69) is 41.4 Å². The Kier molecular flexibility index (Phi) is 4.27. The molecule has 0 bridgehead atoms. The Labute approximate surface area is 116 Å². The SMILES string of the molecule is CNc1nc(C)nc(NC2CC(C)CC(C)C2)c1C. The first kappa shape index (κ1) is 14.1. The Bertz CT molecular complexity index is 434. The lowest BCUT2D eigenvalue weighted by molar-refractivity contribution is 0.280. The van der Waals surface area contributed by atoms with Gasteiger partial charge in [-0.25, -0.2) is 9.97 Å². The van der Waals surface area contributed by atoms with E-state index >= 15 is 0 Å². The molecule has 19 heavy (non-hydrogen) atoms. The van der Waals surface area contributed by atoms with Gasteiger partial charge in [-0.15, -0.1) is 0 Å². The Hall–Kier alpha value is -1.32. The molecule has 2 rings (SSSR count). The largest absolute Gasteiger partial charge is 0.373 e. The lowest BCUT2D eigenvalue weighted by Crippen LogP contribution is -2.31. The molecule has 2 atom stereocenters. The molecule has 1 fully saturated rings. The summed E-state index contributed by atoms with van der Waals surface area (Å²) >= 11 is 0. The fourth-order valence-corrected chi connectivity index (χ4v) is 3.27. The molecule has 2 N–H and O–H groups in total. The van der Waals surface area contributed by atoms with Crippen LogP contribution in [-0.2, 0) is 0 Å². The third-order valence-corrected chi connectivity index (χ3v) is 4.01. The second kappa shape index (κ2) is 5.76. The number of hydrogen-bond acceptors (Lipinski definition) is 4. The minimum atomic E-state index is 0.538. The maximum atomic E-state index is 4.56. The van der Waals surface area contributed by atoms with Gasteiger partial charge in [0.15, 0.2) is 0 Å². The van der Waals surface area contributed by atoms with Crippen molar-refractivity contribution in [2.45, 2.75) is 53.0 Å². The van der Waals surface area contributed by atoms with Gasteiger partial charge in [-0.1, -0.05) is 13.8 Å². The van der Waals surface area contributed by atoms with Crippen LogP contribution in [-0.4, -0.2) is 23.1 Å². The number of nitrogens with zero attached hydrogens (tertiary/aromatic N) is 2. The molecule has 0 aliphatic heterocycles. The molecule has 1 saturated carbocycles. The molecule has 4 nitrogen and oxygen atoms in total. The van der Waals surface area contributed by atoms with Gasteiger partial charge in [0.05, 0.1) is 0 Å². The minimum absolute atomic E-state index is 0.538. The van der Waals surface area contributed by atoms with Gasteiger partial charge >= 0.3 is 0 Å². The van der Waals surface area contributed by atoms with E-state index in [1.54, 1.807) is 0 Å². The van der Waals surface area contributed by atoms with Crippen LogP contribution in [0.5, 0.6) is 0 Å². The second-order valence-electron chi connectivity index (χ2n) is 6.10. The number of rotatable bonds is 3. The predicted octanol–water partition coefficient (Wildman–Crippen LogP) is 3.37. The van der Waals surface area contributed by atoms with Crippen molar-refractivity contribution < 1.29 is 0 Å². The van der Waals surface area contributed by atoms with E-state index in [-0.39, 0.29) is 0 Å². The summed E-state index contributed by atoms with van der Waals surface area (Å²) < 4.78 is 0. The molecule has 0 radical (unpaired) electrons. The zero-order chi connectivity index (χ0) is 14.0. The van der Waals surface area contributed by atoms with Crippen molar-refractivity contribution in [2.75, 3.05) is 17.7 Å². The van der Waals surface area contributed by atoms with Crippen LogP contribution in [0.4, 0.5) is 11.6 Å². The van der Waals surface area contributed by atoms with E-state index in [0.29, 0.717) is 6.04 Å². The minimum Gasteiger partial charge on any atom is -0.373 e. The van der Waals surface area contributed by atoms with Crippen molar-refractivity contribution in [3.63, 3.8) is 0 Å². The van der Waals surface area contributed by atoms with E-state index in [1.807, 2.05) is 14.0 Å². The van der Waals surface area contributed by atoms with Crippen LogP contribution in [0, 0.1) is 25.7 Å². The van der Waals surface area contributed by atoms with Gasteiger partial charge in [0.1, 0.15) is 17.5 Å². The van der Waals surface area contributed by atoms with Gasteiger partial charge in [-0.3, -0.25) is 0 Å². The number of hydrogen-bond donors (Lipinski definition) is 2. The van der Waals surface area contributed by atoms with E-state index in [1.165, 1.54) is 19.3 Å². The molecule has 106 valence electrons. The van der Waals surface area contributed by atoms with E-state index in [0.717, 1.165) is 34.9 Å². The Morgan fingerprint density at radius 1 is 0.947 bits per heavy atom. The summed E-state index contributed by atoms with van der Waals surface area (Å²) in [7, 11) is 1.91. The summed E-state index contributed by atoms with van der Waals surface area (Å²) in [6.07, 6.45) is 3.82. The first-order valence-corrected chi connectivity index (χ1v) is 7.29. The summed E-state index contributed by atoms with van der Waals surface area (Å²) in [5.41, 5.74) is 1.11. The molecular formula is C15H26N4. The van der Waals surface area contributed by atoms with Crippen LogP contribution >= 0.6 is 0 Å². The number of aryl methyl sites for hydroxylation is 1. The van der Waals surface area contributed by atoms with Gasteiger partial charge < -0.3 is 10.6 Å². The van der Waals surface area contributed by atoms with Crippen molar-refractivity contribution in [3.8, 4) is 0 Å². The first-order chi connectivity index (χ1) is 8.99. The molecule has 0 amide bonds. The van der Waals surface area contributed by atoms with Crippen LogP contribution in [0.2, 0.25) is 0 Å². The predicted molar refractivity (Wildman–Crippen MR) is 80.6 cm³/mol. The van der Waals surface area contributed by atoms with E-state index < -0.39 is 0 Å². The molecule has 1 aliphatic rings. The fourth-order valence-electron chi connectivity index (χ4n) is 3.27. The summed E-state index contributed by atoms with van der Waals surface area (Å²) in [6.45, 7) is 8.71. The lowest BCUT2D eigenvalue weighted by Gasteiger charge is -2.32. The topological polar surface area (TPSA) is 49.8 Å². The van der Waals surface area contributed by atoms with Crippen molar-refractivity contribution in [2.24, 2.45) is 11.8 Å². The van der Waals surface area contributed by atoms with Crippen molar-refractivity contribution >= 4 is 11.6 Å². The highest BCUT2D eigenvalue weighted by atomic mass is 15.1. The molecule has 1 aromatic heterocycles. The molecule has 4 heteroatoms. The Balaban J connectivity index is 2.16. The summed E-state index contributed by atoms with van der Waals surface area (Å²) in [6, 6.07) is 0.538. The molecule has 0 saturated heterocycles. The maximum Gasteiger partial charge on any atom is 0.134 e. The highest BCUT2D eigenvalue weighted by molar-refractivity contribution is 5.57. The highest BCUT2D eigenvalue weighted by Gasteiger charge is 2.24. The van der Waals surface area contributed by atoms with Crippen molar-refractivity contribution in [1.82, 2.24) is 9.97 Å². The average molecular weight is 262 g/mol. The zero-order valence-electron chi connectivity index (χ0n) is 12.7. The van der Waals surface area contributed by atoms with Gasteiger partial charge in [0.2, 0.25) is 0 Å². The normalized spacial score (nSPS) is 27.1. The van der Waals surface area contributed by atoms with Crippen LogP contribution in [0.3, 0.4) is 0 Å². The second-order valence-corrected chi connectivity index (χ2v) is 6.10. The van der Waals surface area contributed by atoms with E-state index in [9.17, 15) is 0 Å². The Morgan fingerprint density at radius 2 is 1.53 bits per heavy atom. The fraction of sp³-hybridized carbons (Fsp3) is 0.733. The summed E-state index contributed by atoms with van der Waals surface area (Å²) in [4.78, 5) is 8.98. The number of anilines is 2. The lowest BCUT2D eigenvalue weighted by atomic mass is 9.80. The molecule has 1 aromatic rings. The van der Waals surface area contributed by atoms with Crippen LogP contribution in [0.25, 0.3) is 0 Å². The van der Waals surface area contributed by atoms with Crippen LogP contribution in [0.1, 0.15) is 44.5 Å². The van der Waals surface area contributed by atoms with Gasteiger partial charge in [-0.05, 0) is 44.9 Å². The van der Waals surface area contributed by atoms with Crippen LogP contribution < -0.4 is 10.6 Å². The van der Waals surface area contributed by atoms with E-state index in [4.69, 9.17) is 0 Å². The standard InChI is InChI=1S/C15H26N4/c1-9-6-10(2)8-13(7-9)19-15-11(3)14(16-5)17-12(4)18-15/h9-10,13H,6-8H2,1-5H3,(H2,16,17,18,19). The zero-order valence-corrected chi connectivity index (χ0v) is 12.7. The van der Waals surface area contributed by atoms with Crippen molar-refractivity contribution in [3.05, 3.63) is 11.4 Å². The molecule has 1 heterocycles. The first-order valence-electron chi connectivity index (χ1n) is 7.29. The summed E-state index contributed by atoms with van der Waals surface area (Å²) in [5, 5.41) is 6.77. The smallest absolute Gasteiger partial charge is 0.134 e. The summed E-state index contributed by atoms with van der Waals surface area (Å²) in [5.74, 6) is 4.32. The quantitative estimate of drug-likeness (QED) is 0.877.